The van der Waals surface area contributed by atoms with Crippen molar-refractivity contribution in [2.45, 2.75) is 26.9 Å². The summed E-state index contributed by atoms with van der Waals surface area (Å²) in [6.07, 6.45) is 4.26. The van der Waals surface area contributed by atoms with E-state index in [-0.39, 0.29) is 0 Å². The van der Waals surface area contributed by atoms with Gasteiger partial charge in [0.2, 0.25) is 0 Å². The van der Waals surface area contributed by atoms with E-state index in [0.717, 1.165) is 29.8 Å². The largest absolute Gasteiger partial charge is 0.423 e. The van der Waals surface area contributed by atoms with E-state index < -0.39 is 0 Å². The summed E-state index contributed by atoms with van der Waals surface area (Å²) in [6, 6.07) is 24.3. The molecule has 0 bridgehead atoms. The van der Waals surface area contributed by atoms with Gasteiger partial charge in [0.15, 0.2) is 5.58 Å². The van der Waals surface area contributed by atoms with Gasteiger partial charge in [-0.3, -0.25) is 0 Å². The van der Waals surface area contributed by atoms with Gasteiger partial charge in [-0.05, 0) is 66.4 Å². The molecule has 1 aliphatic rings. The maximum Gasteiger partial charge on any atom is 0.298 e. The second-order valence-electron chi connectivity index (χ2n) is 8.19. The molecule has 3 heterocycles. The van der Waals surface area contributed by atoms with Gasteiger partial charge in [-0.1, -0.05) is 42.5 Å². The first-order valence-corrected chi connectivity index (χ1v) is 10.7. The Bertz CT molecular complexity index is 1450. The third kappa shape index (κ3) is 2.95. The smallest absolute Gasteiger partial charge is 0.298 e. The molecule has 0 radical (unpaired) electrons. The minimum absolute atomic E-state index is 0.692. The van der Waals surface area contributed by atoms with E-state index in [1.165, 1.54) is 33.3 Å². The van der Waals surface area contributed by atoms with Crippen LogP contribution in [0.2, 0.25) is 0 Å². The molecule has 0 amide bonds. The number of hydrogen-bond donors (Lipinski definition) is 0. The Morgan fingerprint density at radius 2 is 1.68 bits per heavy atom. The van der Waals surface area contributed by atoms with Gasteiger partial charge >= 0.3 is 0 Å². The lowest BCUT2D eigenvalue weighted by molar-refractivity contribution is 0.573. The van der Waals surface area contributed by atoms with Crippen LogP contribution in [0, 0.1) is 0 Å². The monoisotopic (exact) mass is 405 g/mol. The van der Waals surface area contributed by atoms with Crippen LogP contribution in [0.1, 0.15) is 25.0 Å². The van der Waals surface area contributed by atoms with Crippen molar-refractivity contribution in [2.75, 3.05) is 4.90 Å². The Balaban J connectivity index is 1.34. The van der Waals surface area contributed by atoms with Crippen molar-refractivity contribution in [3.8, 4) is 11.1 Å². The van der Waals surface area contributed by atoms with Crippen LogP contribution in [0.3, 0.4) is 0 Å². The van der Waals surface area contributed by atoms with Crippen LogP contribution in [-0.2, 0) is 13.1 Å². The van der Waals surface area contributed by atoms with Crippen molar-refractivity contribution in [1.82, 2.24) is 9.55 Å². The maximum atomic E-state index is 6.09. The van der Waals surface area contributed by atoms with Gasteiger partial charge in [0, 0.05) is 30.4 Å². The van der Waals surface area contributed by atoms with Crippen LogP contribution in [0.4, 0.5) is 6.01 Å². The topological polar surface area (TPSA) is 34.2 Å². The van der Waals surface area contributed by atoms with Gasteiger partial charge in [-0.25, -0.2) is 0 Å². The quantitative estimate of drug-likeness (QED) is 0.329. The molecule has 0 atom stereocenters. The molecule has 0 spiro atoms. The summed E-state index contributed by atoms with van der Waals surface area (Å²) in [7, 11) is 0. The summed E-state index contributed by atoms with van der Waals surface area (Å²) in [5.41, 5.74) is 9.19. The summed E-state index contributed by atoms with van der Waals surface area (Å²) in [5, 5.41) is 1.23. The first-order valence-electron chi connectivity index (χ1n) is 10.7. The number of anilines is 1. The van der Waals surface area contributed by atoms with E-state index >= 15 is 0 Å². The molecule has 2 aromatic heterocycles. The molecule has 31 heavy (non-hydrogen) atoms. The van der Waals surface area contributed by atoms with E-state index in [0.29, 0.717) is 6.01 Å². The second kappa shape index (κ2) is 6.88. The number of aromatic nitrogens is 2. The number of allylic oxidation sites excluding steroid dienone is 2. The lowest BCUT2D eigenvalue weighted by Gasteiger charge is -2.10. The first kappa shape index (κ1) is 18.0. The van der Waals surface area contributed by atoms with Crippen LogP contribution < -0.4 is 4.90 Å². The molecule has 0 saturated carbocycles. The standard InChI is InChI=1S/C27H23N3O/c1-3-18(2)30-13-12-21-14-19(8-10-25(21)30)20-9-11-26-24(15-20)28-27(31-26)29-16-22-6-4-5-7-23(22)17-29/h3-15H,16-17H2,1-2H3. The molecule has 152 valence electrons. The molecular weight excluding hydrogens is 382 g/mol. The van der Waals surface area contributed by atoms with Gasteiger partial charge in [-0.15, -0.1) is 0 Å². The third-order valence-electron chi connectivity index (χ3n) is 6.31. The molecule has 0 saturated heterocycles. The van der Waals surface area contributed by atoms with Crippen LogP contribution in [0.5, 0.6) is 0 Å². The van der Waals surface area contributed by atoms with Gasteiger partial charge < -0.3 is 13.9 Å². The molecule has 5 aromatic rings. The highest BCUT2D eigenvalue weighted by molar-refractivity contribution is 5.89. The Morgan fingerprint density at radius 3 is 2.45 bits per heavy atom. The molecule has 3 aromatic carbocycles. The Morgan fingerprint density at radius 1 is 0.935 bits per heavy atom. The van der Waals surface area contributed by atoms with Crippen LogP contribution in [0.25, 0.3) is 38.8 Å². The molecule has 0 N–H and O–H groups in total. The van der Waals surface area contributed by atoms with Crippen LogP contribution >= 0.6 is 0 Å². The summed E-state index contributed by atoms with van der Waals surface area (Å²) < 4.78 is 8.31. The minimum Gasteiger partial charge on any atom is -0.423 e. The zero-order valence-corrected chi connectivity index (χ0v) is 17.7. The molecular formula is C27H23N3O. The Hall–Kier alpha value is -3.79. The Kier molecular flexibility index (Phi) is 4.00. The Labute approximate surface area is 181 Å². The fraction of sp³-hybridized carbons (Fsp3) is 0.148. The lowest BCUT2D eigenvalue weighted by Crippen LogP contribution is -2.14. The number of nitrogens with zero attached hydrogens (tertiary/aromatic N) is 3. The average Bonchev–Trinajstić information content (AvgIpc) is 3.53. The zero-order valence-electron chi connectivity index (χ0n) is 17.7. The number of oxazole rings is 1. The predicted octanol–water partition coefficient (Wildman–Crippen LogP) is 6.85. The SMILES string of the molecule is CC=C(C)n1ccc2cc(-c3ccc4oc(N5Cc6ccccc6C5)nc4c3)ccc21. The van der Waals surface area contributed by atoms with E-state index in [4.69, 9.17) is 9.40 Å². The van der Waals surface area contributed by atoms with Gasteiger partial charge in [0.25, 0.3) is 6.01 Å². The van der Waals surface area contributed by atoms with Crippen LogP contribution in [0.15, 0.2) is 83.4 Å². The predicted molar refractivity (Wildman–Crippen MR) is 127 cm³/mol. The van der Waals surface area contributed by atoms with Crippen molar-refractivity contribution < 1.29 is 4.42 Å². The van der Waals surface area contributed by atoms with Crippen molar-refractivity contribution in [3.63, 3.8) is 0 Å². The van der Waals surface area contributed by atoms with Crippen molar-refractivity contribution in [1.29, 1.82) is 0 Å². The van der Waals surface area contributed by atoms with E-state index in [1.54, 1.807) is 0 Å². The molecule has 4 nitrogen and oxygen atoms in total. The molecule has 6 rings (SSSR count). The van der Waals surface area contributed by atoms with Crippen molar-refractivity contribution in [3.05, 3.63) is 90.1 Å². The molecule has 0 aliphatic carbocycles. The van der Waals surface area contributed by atoms with E-state index in [9.17, 15) is 0 Å². The molecule has 1 aliphatic heterocycles. The van der Waals surface area contributed by atoms with E-state index in [1.807, 2.05) is 6.07 Å². The molecule has 0 fully saturated rings. The van der Waals surface area contributed by atoms with Crippen LogP contribution in [-0.4, -0.2) is 9.55 Å². The minimum atomic E-state index is 0.692. The highest BCUT2D eigenvalue weighted by Crippen LogP contribution is 2.33. The summed E-state index contributed by atoms with van der Waals surface area (Å²) >= 11 is 0. The summed E-state index contributed by atoms with van der Waals surface area (Å²) in [5.74, 6) is 0. The lowest BCUT2D eigenvalue weighted by atomic mass is 10.0. The van der Waals surface area contributed by atoms with Crippen molar-refractivity contribution >= 4 is 33.7 Å². The normalized spacial score (nSPS) is 14.0. The number of benzene rings is 3. The molecule has 4 heteroatoms. The van der Waals surface area contributed by atoms with Gasteiger partial charge in [-0.2, -0.15) is 4.98 Å². The maximum absolute atomic E-state index is 6.09. The summed E-state index contributed by atoms with van der Waals surface area (Å²) in [4.78, 5) is 7.01. The number of rotatable bonds is 3. The van der Waals surface area contributed by atoms with Crippen molar-refractivity contribution in [2.24, 2.45) is 0 Å². The first-order chi connectivity index (χ1) is 15.2. The summed E-state index contributed by atoms with van der Waals surface area (Å²) in [6.45, 7) is 5.88. The van der Waals surface area contributed by atoms with Gasteiger partial charge in [0.1, 0.15) is 5.52 Å². The van der Waals surface area contributed by atoms with E-state index in [2.05, 4.69) is 96.3 Å². The second-order valence-corrected chi connectivity index (χ2v) is 8.19. The fourth-order valence-electron chi connectivity index (χ4n) is 4.47. The fourth-order valence-corrected chi connectivity index (χ4v) is 4.47. The number of hydrogen-bond acceptors (Lipinski definition) is 3. The average molecular weight is 406 g/mol. The number of fused-ring (bicyclic) bond motifs is 3. The molecule has 0 unspecified atom stereocenters. The highest BCUT2D eigenvalue weighted by atomic mass is 16.4. The zero-order chi connectivity index (χ0) is 20.9. The highest BCUT2D eigenvalue weighted by Gasteiger charge is 2.22. The third-order valence-corrected chi connectivity index (χ3v) is 6.31. The van der Waals surface area contributed by atoms with Gasteiger partial charge in [0.05, 0.1) is 5.52 Å².